The zero-order chi connectivity index (χ0) is 12.8. The number of hydrogen-bond donors (Lipinski definition) is 1. The molecule has 0 radical (unpaired) electrons. The topological polar surface area (TPSA) is 41.6 Å². The van der Waals surface area contributed by atoms with E-state index < -0.39 is 0 Å². The molecular weight excluding hydrogens is 228 g/mol. The number of nitrogens with one attached hydrogen (secondary N) is 1. The van der Waals surface area contributed by atoms with E-state index in [9.17, 15) is 4.79 Å². The SMILES string of the molecule is CCO[C@H]1CCCN(C(=O)Nc2ccccc2)C1. The molecular formula is C14H20N2O2. The zero-order valence-corrected chi connectivity index (χ0v) is 10.8. The molecule has 1 aromatic rings. The van der Waals surface area contributed by atoms with Crippen molar-refractivity contribution in [2.45, 2.75) is 25.9 Å². The summed E-state index contributed by atoms with van der Waals surface area (Å²) in [6.45, 7) is 4.19. The molecule has 4 heteroatoms. The van der Waals surface area contributed by atoms with Crippen LogP contribution >= 0.6 is 0 Å². The number of hydrogen-bond acceptors (Lipinski definition) is 2. The fourth-order valence-corrected chi connectivity index (χ4v) is 2.22. The van der Waals surface area contributed by atoms with Crippen molar-refractivity contribution in [1.82, 2.24) is 4.90 Å². The van der Waals surface area contributed by atoms with Crippen LogP contribution in [-0.4, -0.2) is 36.7 Å². The summed E-state index contributed by atoms with van der Waals surface area (Å²) >= 11 is 0. The molecule has 2 amide bonds. The van der Waals surface area contributed by atoms with Crippen LogP contribution in [0.1, 0.15) is 19.8 Å². The molecule has 2 rings (SSSR count). The third-order valence-corrected chi connectivity index (χ3v) is 3.09. The van der Waals surface area contributed by atoms with Crippen molar-refractivity contribution in [3.05, 3.63) is 30.3 Å². The van der Waals surface area contributed by atoms with Crippen LogP contribution in [0.25, 0.3) is 0 Å². The van der Waals surface area contributed by atoms with Gasteiger partial charge in [-0.3, -0.25) is 0 Å². The molecule has 1 aromatic carbocycles. The highest BCUT2D eigenvalue weighted by molar-refractivity contribution is 5.89. The minimum absolute atomic E-state index is 0.0365. The van der Waals surface area contributed by atoms with Crippen LogP contribution in [0.4, 0.5) is 10.5 Å². The Balaban J connectivity index is 1.88. The molecule has 1 saturated heterocycles. The minimum atomic E-state index is -0.0365. The van der Waals surface area contributed by atoms with Crippen molar-refractivity contribution in [3.63, 3.8) is 0 Å². The molecule has 1 heterocycles. The van der Waals surface area contributed by atoms with Crippen LogP contribution in [0, 0.1) is 0 Å². The molecule has 0 aliphatic carbocycles. The fourth-order valence-electron chi connectivity index (χ4n) is 2.22. The van der Waals surface area contributed by atoms with Gasteiger partial charge in [-0.15, -0.1) is 0 Å². The second-order valence-corrected chi connectivity index (χ2v) is 4.46. The molecule has 1 aliphatic heterocycles. The number of nitrogens with zero attached hydrogens (tertiary/aromatic N) is 1. The Morgan fingerprint density at radius 2 is 2.22 bits per heavy atom. The lowest BCUT2D eigenvalue weighted by atomic mass is 10.1. The third kappa shape index (κ3) is 3.47. The number of piperidine rings is 1. The maximum atomic E-state index is 12.1. The molecule has 18 heavy (non-hydrogen) atoms. The molecule has 0 spiro atoms. The van der Waals surface area contributed by atoms with E-state index >= 15 is 0 Å². The Morgan fingerprint density at radius 1 is 1.44 bits per heavy atom. The molecule has 0 unspecified atom stereocenters. The average Bonchev–Trinajstić information content (AvgIpc) is 2.40. The van der Waals surface area contributed by atoms with Crippen LogP contribution in [0.5, 0.6) is 0 Å². The maximum absolute atomic E-state index is 12.1. The average molecular weight is 248 g/mol. The number of ether oxygens (including phenoxy) is 1. The van der Waals surface area contributed by atoms with Gasteiger partial charge in [0, 0.05) is 25.4 Å². The number of amides is 2. The van der Waals surface area contributed by atoms with Crippen LogP contribution < -0.4 is 5.32 Å². The van der Waals surface area contributed by atoms with Gasteiger partial charge >= 0.3 is 6.03 Å². The first kappa shape index (κ1) is 12.9. The Hall–Kier alpha value is -1.55. The maximum Gasteiger partial charge on any atom is 0.321 e. The molecule has 0 bridgehead atoms. The summed E-state index contributed by atoms with van der Waals surface area (Å²) in [6.07, 6.45) is 2.24. The van der Waals surface area contributed by atoms with Crippen molar-refractivity contribution < 1.29 is 9.53 Å². The lowest BCUT2D eigenvalue weighted by Gasteiger charge is -2.32. The first-order chi connectivity index (χ1) is 8.79. The van der Waals surface area contributed by atoms with Crippen molar-refractivity contribution >= 4 is 11.7 Å². The van der Waals surface area contributed by atoms with Gasteiger partial charge in [-0.05, 0) is 31.9 Å². The van der Waals surface area contributed by atoms with Crippen LogP contribution in [0.2, 0.25) is 0 Å². The Morgan fingerprint density at radius 3 is 2.94 bits per heavy atom. The van der Waals surface area contributed by atoms with E-state index in [1.807, 2.05) is 42.2 Å². The van der Waals surface area contributed by atoms with Crippen molar-refractivity contribution in [2.75, 3.05) is 25.0 Å². The molecule has 1 atom stereocenters. The van der Waals surface area contributed by atoms with E-state index in [-0.39, 0.29) is 12.1 Å². The fraction of sp³-hybridized carbons (Fsp3) is 0.500. The van der Waals surface area contributed by atoms with Gasteiger partial charge in [0.1, 0.15) is 0 Å². The van der Waals surface area contributed by atoms with E-state index in [0.717, 1.165) is 25.1 Å². The van der Waals surface area contributed by atoms with Crippen molar-refractivity contribution in [3.8, 4) is 0 Å². The summed E-state index contributed by atoms with van der Waals surface area (Å²) in [7, 11) is 0. The number of urea groups is 1. The number of carbonyl (C=O) groups excluding carboxylic acids is 1. The summed E-state index contributed by atoms with van der Waals surface area (Å²) in [5.74, 6) is 0. The highest BCUT2D eigenvalue weighted by atomic mass is 16.5. The highest BCUT2D eigenvalue weighted by Gasteiger charge is 2.23. The van der Waals surface area contributed by atoms with E-state index in [0.29, 0.717) is 13.2 Å². The van der Waals surface area contributed by atoms with Crippen LogP contribution in [-0.2, 0) is 4.74 Å². The number of para-hydroxylation sites is 1. The molecule has 1 aliphatic rings. The van der Waals surface area contributed by atoms with Gasteiger partial charge in [-0.25, -0.2) is 4.79 Å². The van der Waals surface area contributed by atoms with E-state index in [1.165, 1.54) is 0 Å². The normalized spacial score (nSPS) is 19.6. The minimum Gasteiger partial charge on any atom is -0.377 e. The molecule has 1 fully saturated rings. The molecule has 1 N–H and O–H groups in total. The highest BCUT2D eigenvalue weighted by Crippen LogP contribution is 2.15. The summed E-state index contributed by atoms with van der Waals surface area (Å²) < 4.78 is 5.59. The van der Waals surface area contributed by atoms with Crippen molar-refractivity contribution in [1.29, 1.82) is 0 Å². The Kier molecular flexibility index (Phi) is 4.59. The van der Waals surface area contributed by atoms with Gasteiger partial charge in [-0.1, -0.05) is 18.2 Å². The predicted molar refractivity (Wildman–Crippen MR) is 71.7 cm³/mol. The van der Waals surface area contributed by atoms with Crippen LogP contribution in [0.15, 0.2) is 30.3 Å². The number of anilines is 1. The summed E-state index contributed by atoms with van der Waals surface area (Å²) in [5, 5.41) is 2.91. The first-order valence-electron chi connectivity index (χ1n) is 6.52. The summed E-state index contributed by atoms with van der Waals surface area (Å²) in [4.78, 5) is 13.9. The van der Waals surface area contributed by atoms with E-state index in [1.54, 1.807) is 0 Å². The first-order valence-corrected chi connectivity index (χ1v) is 6.52. The summed E-state index contributed by atoms with van der Waals surface area (Å²) in [5.41, 5.74) is 0.834. The van der Waals surface area contributed by atoms with Gasteiger partial charge in [0.05, 0.1) is 6.10 Å². The van der Waals surface area contributed by atoms with Gasteiger partial charge in [0.25, 0.3) is 0 Å². The van der Waals surface area contributed by atoms with Gasteiger partial charge < -0.3 is 15.0 Å². The molecule has 0 aromatic heterocycles. The van der Waals surface area contributed by atoms with E-state index in [4.69, 9.17) is 4.74 Å². The molecule has 98 valence electrons. The lowest BCUT2D eigenvalue weighted by Crippen LogP contribution is -2.45. The van der Waals surface area contributed by atoms with E-state index in [2.05, 4.69) is 5.32 Å². The van der Waals surface area contributed by atoms with Crippen LogP contribution in [0.3, 0.4) is 0 Å². The van der Waals surface area contributed by atoms with Gasteiger partial charge in [0.2, 0.25) is 0 Å². The quantitative estimate of drug-likeness (QED) is 0.893. The number of carbonyl (C=O) groups is 1. The Labute approximate surface area is 108 Å². The second-order valence-electron chi connectivity index (χ2n) is 4.46. The van der Waals surface area contributed by atoms with Gasteiger partial charge in [0.15, 0.2) is 0 Å². The third-order valence-electron chi connectivity index (χ3n) is 3.09. The second kappa shape index (κ2) is 6.40. The number of benzene rings is 1. The lowest BCUT2D eigenvalue weighted by molar-refractivity contribution is 0.0181. The smallest absolute Gasteiger partial charge is 0.321 e. The molecule has 0 saturated carbocycles. The van der Waals surface area contributed by atoms with Crippen molar-refractivity contribution in [2.24, 2.45) is 0 Å². The monoisotopic (exact) mass is 248 g/mol. The Bertz CT molecular complexity index is 379. The number of likely N-dealkylation sites (tertiary alicyclic amines) is 1. The zero-order valence-electron chi connectivity index (χ0n) is 10.8. The predicted octanol–water partition coefficient (Wildman–Crippen LogP) is 2.72. The standard InChI is InChI=1S/C14H20N2O2/c1-2-18-13-9-6-10-16(11-13)14(17)15-12-7-4-3-5-8-12/h3-5,7-8,13H,2,6,9-11H2,1H3,(H,15,17)/t13-/m0/s1. The molecule has 4 nitrogen and oxygen atoms in total. The number of rotatable bonds is 3. The largest absolute Gasteiger partial charge is 0.377 e. The van der Waals surface area contributed by atoms with Gasteiger partial charge in [-0.2, -0.15) is 0 Å². The summed E-state index contributed by atoms with van der Waals surface area (Å²) in [6, 6.07) is 9.50.